The molecule has 0 aliphatic rings. The van der Waals surface area contributed by atoms with Crippen LogP contribution in [0.1, 0.15) is 65.7 Å². The molecule has 0 aliphatic carbocycles. The van der Waals surface area contributed by atoms with Gasteiger partial charge >= 0.3 is 5.97 Å². The Morgan fingerprint density at radius 1 is 0.957 bits per heavy atom. The second-order valence-corrected chi connectivity index (χ2v) is 5.51. The molecular formula is C19H34O4. The molecule has 0 amide bonds. The van der Waals surface area contributed by atoms with E-state index in [1.54, 1.807) is 0 Å². The Kier molecular flexibility index (Phi) is 15.0. The summed E-state index contributed by atoms with van der Waals surface area (Å²) in [5, 5.41) is 9.23. The van der Waals surface area contributed by atoms with Crippen molar-refractivity contribution in [2.45, 2.75) is 72.0 Å². The highest BCUT2D eigenvalue weighted by Gasteiger charge is 2.12. The quantitative estimate of drug-likeness (QED) is 0.263. The van der Waals surface area contributed by atoms with E-state index >= 15 is 0 Å². The van der Waals surface area contributed by atoms with Gasteiger partial charge in [-0.05, 0) is 45.6 Å². The number of carboxylic acid groups (broad SMARTS) is 1. The Balaban J connectivity index is 3.96. The lowest BCUT2D eigenvalue weighted by molar-refractivity contribution is -0.140. The van der Waals surface area contributed by atoms with Gasteiger partial charge in [-0.2, -0.15) is 0 Å². The number of carbonyl (C=O) groups is 1. The molecule has 0 saturated heterocycles. The number of aliphatic carboxylic acids is 1. The van der Waals surface area contributed by atoms with Crippen LogP contribution in [0.4, 0.5) is 0 Å². The molecule has 4 nitrogen and oxygen atoms in total. The molecule has 0 aromatic carbocycles. The summed E-state index contributed by atoms with van der Waals surface area (Å²) in [5.74, 6) is -1.07. The summed E-state index contributed by atoms with van der Waals surface area (Å²) in [7, 11) is 0. The Morgan fingerprint density at radius 3 is 2.13 bits per heavy atom. The first-order valence-electron chi connectivity index (χ1n) is 8.94. The van der Waals surface area contributed by atoms with Crippen molar-refractivity contribution in [3.8, 4) is 0 Å². The van der Waals surface area contributed by atoms with Crippen molar-refractivity contribution in [1.29, 1.82) is 0 Å². The van der Waals surface area contributed by atoms with Gasteiger partial charge in [0.2, 0.25) is 0 Å². The maximum Gasteiger partial charge on any atom is 0.310 e. The topological polar surface area (TPSA) is 55.8 Å². The van der Waals surface area contributed by atoms with Crippen LogP contribution >= 0.6 is 0 Å². The summed E-state index contributed by atoms with van der Waals surface area (Å²) in [5.41, 5.74) is 0. The van der Waals surface area contributed by atoms with Crippen molar-refractivity contribution in [1.82, 2.24) is 0 Å². The summed E-state index contributed by atoms with van der Waals surface area (Å²) in [6.07, 6.45) is 14.3. The first-order chi connectivity index (χ1) is 11.2. The van der Waals surface area contributed by atoms with Gasteiger partial charge in [0, 0.05) is 13.2 Å². The largest absolute Gasteiger partial charge is 0.481 e. The zero-order valence-corrected chi connectivity index (χ0v) is 15.0. The minimum absolute atomic E-state index is 0.265. The molecule has 0 fully saturated rings. The zero-order valence-electron chi connectivity index (χ0n) is 15.0. The number of ether oxygens (including phenoxy) is 2. The maximum absolute atomic E-state index is 11.2. The van der Waals surface area contributed by atoms with E-state index in [9.17, 15) is 9.90 Å². The third-order valence-electron chi connectivity index (χ3n) is 3.50. The van der Waals surface area contributed by atoms with Gasteiger partial charge in [-0.3, -0.25) is 4.79 Å². The number of rotatable bonds is 15. The molecule has 134 valence electrons. The van der Waals surface area contributed by atoms with Gasteiger partial charge in [0.25, 0.3) is 0 Å². The number of hydrogen-bond acceptors (Lipinski definition) is 3. The Morgan fingerprint density at radius 2 is 1.57 bits per heavy atom. The van der Waals surface area contributed by atoms with Crippen molar-refractivity contribution < 1.29 is 19.4 Å². The molecule has 23 heavy (non-hydrogen) atoms. The van der Waals surface area contributed by atoms with Crippen LogP contribution < -0.4 is 0 Å². The minimum Gasteiger partial charge on any atom is -0.481 e. The van der Waals surface area contributed by atoms with Crippen LogP contribution in [0.2, 0.25) is 0 Å². The molecule has 0 radical (unpaired) electrons. The van der Waals surface area contributed by atoms with Crippen molar-refractivity contribution in [2.24, 2.45) is 5.92 Å². The molecule has 1 N–H and O–H groups in total. The van der Waals surface area contributed by atoms with Crippen molar-refractivity contribution >= 4 is 5.97 Å². The normalized spacial score (nSPS) is 13.4. The molecule has 4 heteroatoms. The fourth-order valence-electron chi connectivity index (χ4n) is 2.21. The van der Waals surface area contributed by atoms with Crippen molar-refractivity contribution in [3.63, 3.8) is 0 Å². The van der Waals surface area contributed by atoms with Gasteiger partial charge in [-0.25, -0.2) is 0 Å². The van der Waals surface area contributed by atoms with E-state index in [1.165, 1.54) is 0 Å². The van der Waals surface area contributed by atoms with Crippen LogP contribution in [0.15, 0.2) is 24.3 Å². The number of carboxylic acids is 1. The highest BCUT2D eigenvalue weighted by Crippen LogP contribution is 2.13. The van der Waals surface area contributed by atoms with E-state index < -0.39 is 5.97 Å². The van der Waals surface area contributed by atoms with Gasteiger partial charge in [0.15, 0.2) is 6.29 Å². The van der Waals surface area contributed by atoms with Crippen LogP contribution in [-0.2, 0) is 14.3 Å². The standard InChI is InChI=1S/C19H34O4/c1-4-7-8-11-14-17(19(20)21)15-12-9-10-13-16-18(22-5-2)23-6-3/h11,13-14,16-18H,4-10,12,15H2,1-3H3,(H,20,21)/b14-11+,16-13+. The van der Waals surface area contributed by atoms with E-state index in [2.05, 4.69) is 13.0 Å². The highest BCUT2D eigenvalue weighted by atomic mass is 16.7. The maximum atomic E-state index is 11.2. The summed E-state index contributed by atoms with van der Waals surface area (Å²) in [6.45, 7) is 7.27. The molecule has 0 aliphatic heterocycles. The van der Waals surface area contributed by atoms with Gasteiger partial charge in [0.1, 0.15) is 0 Å². The minimum atomic E-state index is -0.721. The highest BCUT2D eigenvalue weighted by molar-refractivity contribution is 5.72. The zero-order chi connectivity index (χ0) is 17.3. The van der Waals surface area contributed by atoms with Crippen molar-refractivity contribution in [2.75, 3.05) is 13.2 Å². The van der Waals surface area contributed by atoms with Crippen LogP contribution in [0, 0.1) is 5.92 Å². The summed E-state index contributed by atoms with van der Waals surface area (Å²) in [6, 6.07) is 0. The van der Waals surface area contributed by atoms with Gasteiger partial charge in [-0.1, -0.05) is 44.4 Å². The predicted octanol–water partition coefficient (Wildman–Crippen LogP) is 4.95. The average molecular weight is 326 g/mol. The fraction of sp³-hybridized carbons (Fsp3) is 0.737. The Bertz CT molecular complexity index is 330. The number of hydrogen-bond donors (Lipinski definition) is 1. The Labute approximate surface area is 141 Å². The Hall–Kier alpha value is -1.13. The average Bonchev–Trinajstić information content (AvgIpc) is 2.52. The number of allylic oxidation sites excluding steroid dienone is 2. The molecule has 0 rings (SSSR count). The smallest absolute Gasteiger partial charge is 0.310 e. The van der Waals surface area contributed by atoms with E-state index in [-0.39, 0.29) is 12.2 Å². The molecule has 1 unspecified atom stereocenters. The van der Waals surface area contributed by atoms with Crippen LogP contribution in [-0.4, -0.2) is 30.6 Å². The van der Waals surface area contributed by atoms with E-state index in [1.807, 2.05) is 32.1 Å². The SMILES string of the molecule is CCCC/C=C/C(CCCC/C=C/C(OCC)OCC)C(=O)O. The lowest BCUT2D eigenvalue weighted by Crippen LogP contribution is -2.14. The van der Waals surface area contributed by atoms with Gasteiger partial charge < -0.3 is 14.6 Å². The molecule has 0 heterocycles. The third-order valence-corrected chi connectivity index (χ3v) is 3.50. The molecule has 0 aromatic rings. The molecule has 0 saturated carbocycles. The number of unbranched alkanes of at least 4 members (excludes halogenated alkanes) is 4. The first kappa shape index (κ1) is 21.9. The summed E-state index contributed by atoms with van der Waals surface area (Å²) in [4.78, 5) is 11.2. The fourth-order valence-corrected chi connectivity index (χ4v) is 2.21. The van der Waals surface area contributed by atoms with E-state index in [4.69, 9.17) is 9.47 Å². The van der Waals surface area contributed by atoms with Crippen LogP contribution in [0.5, 0.6) is 0 Å². The lowest BCUT2D eigenvalue weighted by Gasteiger charge is -2.12. The van der Waals surface area contributed by atoms with Crippen LogP contribution in [0.25, 0.3) is 0 Å². The van der Waals surface area contributed by atoms with E-state index in [0.29, 0.717) is 19.6 Å². The molecular weight excluding hydrogens is 292 g/mol. The van der Waals surface area contributed by atoms with Gasteiger partial charge in [0.05, 0.1) is 5.92 Å². The third kappa shape index (κ3) is 13.0. The second kappa shape index (κ2) is 15.8. The second-order valence-electron chi connectivity index (χ2n) is 5.51. The van der Waals surface area contributed by atoms with E-state index in [0.717, 1.165) is 38.5 Å². The summed E-state index contributed by atoms with van der Waals surface area (Å²) < 4.78 is 10.9. The molecule has 0 spiro atoms. The summed E-state index contributed by atoms with van der Waals surface area (Å²) >= 11 is 0. The van der Waals surface area contributed by atoms with Gasteiger partial charge in [-0.15, -0.1) is 0 Å². The predicted molar refractivity (Wildman–Crippen MR) is 94.4 cm³/mol. The monoisotopic (exact) mass is 326 g/mol. The molecule has 0 bridgehead atoms. The first-order valence-corrected chi connectivity index (χ1v) is 8.94. The van der Waals surface area contributed by atoms with Crippen molar-refractivity contribution in [3.05, 3.63) is 24.3 Å². The lowest BCUT2D eigenvalue weighted by atomic mass is 10.00. The molecule has 0 aromatic heterocycles. The van der Waals surface area contributed by atoms with Crippen LogP contribution in [0.3, 0.4) is 0 Å². The molecule has 1 atom stereocenters.